The van der Waals surface area contributed by atoms with Crippen molar-refractivity contribution in [3.8, 4) is 0 Å². The molecule has 0 saturated carbocycles. The van der Waals surface area contributed by atoms with Crippen LogP contribution < -0.4 is 9.62 Å². The third-order valence-corrected chi connectivity index (χ3v) is 5.34. The lowest BCUT2D eigenvalue weighted by Crippen LogP contribution is -2.36. The van der Waals surface area contributed by atoms with E-state index in [9.17, 15) is 13.2 Å². The van der Waals surface area contributed by atoms with Crippen LogP contribution in [0.3, 0.4) is 0 Å². The number of nitrogens with zero attached hydrogens (tertiary/aromatic N) is 2. The van der Waals surface area contributed by atoms with Crippen LogP contribution in [0.25, 0.3) is 6.08 Å². The topological polar surface area (TPSA) is 109 Å². The molecule has 2 heterocycles. The summed E-state index contributed by atoms with van der Waals surface area (Å²) in [6.45, 7) is 2.79. The summed E-state index contributed by atoms with van der Waals surface area (Å²) in [5.74, 6) is -0.294. The second kappa shape index (κ2) is 8.19. The number of carbonyl (C=O) groups is 1. The number of carboxylic acids is 1. The summed E-state index contributed by atoms with van der Waals surface area (Å²) in [4.78, 5) is 17.0. The molecule has 2 N–H and O–H groups in total. The molecule has 3 rings (SSSR count). The Morgan fingerprint density at radius 1 is 1.15 bits per heavy atom. The molecule has 8 nitrogen and oxygen atoms in total. The van der Waals surface area contributed by atoms with Gasteiger partial charge >= 0.3 is 5.97 Å². The van der Waals surface area contributed by atoms with Gasteiger partial charge in [0.25, 0.3) is 10.0 Å². The number of hydrogen-bond acceptors (Lipinski definition) is 6. The van der Waals surface area contributed by atoms with Gasteiger partial charge in [-0.3, -0.25) is 4.72 Å². The Labute approximate surface area is 157 Å². The number of sulfonamides is 1. The van der Waals surface area contributed by atoms with Gasteiger partial charge in [-0.15, -0.1) is 0 Å². The molecule has 0 atom stereocenters. The van der Waals surface area contributed by atoms with Crippen LogP contribution >= 0.6 is 0 Å². The predicted octanol–water partition coefficient (Wildman–Crippen LogP) is 1.82. The van der Waals surface area contributed by atoms with Crippen molar-refractivity contribution in [3.63, 3.8) is 0 Å². The maximum Gasteiger partial charge on any atom is 0.328 e. The van der Waals surface area contributed by atoms with Crippen LogP contribution in [-0.4, -0.2) is 50.8 Å². The van der Waals surface area contributed by atoms with Crippen LogP contribution in [0.5, 0.6) is 0 Å². The molecule has 0 spiro atoms. The number of aliphatic carboxylic acids is 1. The molecule has 1 aliphatic heterocycles. The van der Waals surface area contributed by atoms with Crippen molar-refractivity contribution < 1.29 is 23.1 Å². The fourth-order valence-corrected chi connectivity index (χ4v) is 3.61. The smallest absolute Gasteiger partial charge is 0.328 e. The third-order valence-electron chi connectivity index (χ3n) is 3.94. The number of aromatic nitrogens is 1. The maximum atomic E-state index is 12.5. The molecule has 1 saturated heterocycles. The minimum Gasteiger partial charge on any atom is -0.478 e. The number of carboxylic acid groups (broad SMARTS) is 1. The summed E-state index contributed by atoms with van der Waals surface area (Å²) in [5.41, 5.74) is 0.953. The number of morpholine rings is 1. The molecule has 1 fully saturated rings. The highest BCUT2D eigenvalue weighted by Crippen LogP contribution is 2.19. The Hall–Kier alpha value is -2.91. The fraction of sp³-hybridized carbons (Fsp3) is 0.222. The first kappa shape index (κ1) is 18.9. The zero-order valence-electron chi connectivity index (χ0n) is 14.4. The summed E-state index contributed by atoms with van der Waals surface area (Å²) in [6.07, 6.45) is 3.86. The minimum absolute atomic E-state index is 0.0761. The van der Waals surface area contributed by atoms with E-state index >= 15 is 0 Å². The first-order valence-electron chi connectivity index (χ1n) is 8.27. The van der Waals surface area contributed by atoms with E-state index in [0.717, 1.165) is 25.0 Å². The van der Waals surface area contributed by atoms with Crippen LogP contribution in [-0.2, 0) is 19.6 Å². The van der Waals surface area contributed by atoms with Crippen molar-refractivity contribution in [2.75, 3.05) is 35.9 Å². The molecule has 1 aromatic heterocycles. The molecule has 27 heavy (non-hydrogen) atoms. The predicted molar refractivity (Wildman–Crippen MR) is 101 cm³/mol. The second-order valence-corrected chi connectivity index (χ2v) is 7.53. The summed E-state index contributed by atoms with van der Waals surface area (Å²) in [5, 5.41) is 8.62. The van der Waals surface area contributed by atoms with E-state index in [4.69, 9.17) is 9.84 Å². The van der Waals surface area contributed by atoms with Crippen molar-refractivity contribution in [1.82, 2.24) is 4.98 Å². The van der Waals surface area contributed by atoms with Gasteiger partial charge in [0.1, 0.15) is 5.82 Å². The normalized spacial score (nSPS) is 15.0. The van der Waals surface area contributed by atoms with Gasteiger partial charge in [-0.25, -0.2) is 18.2 Å². The molecule has 142 valence electrons. The molecule has 0 unspecified atom stereocenters. The summed E-state index contributed by atoms with van der Waals surface area (Å²) in [6, 6.07) is 9.34. The minimum atomic E-state index is -3.76. The lowest BCUT2D eigenvalue weighted by Gasteiger charge is -2.27. The van der Waals surface area contributed by atoms with Crippen LogP contribution in [0, 0.1) is 0 Å². The van der Waals surface area contributed by atoms with E-state index in [-0.39, 0.29) is 4.90 Å². The van der Waals surface area contributed by atoms with E-state index < -0.39 is 16.0 Å². The highest BCUT2D eigenvalue weighted by Gasteiger charge is 2.16. The molecule has 2 aromatic rings. The average molecular weight is 389 g/mol. The van der Waals surface area contributed by atoms with Crippen LogP contribution in [0.2, 0.25) is 0 Å². The molecular formula is C18H19N3O5S. The number of anilines is 2. The van der Waals surface area contributed by atoms with Crippen LogP contribution in [0.1, 0.15) is 5.56 Å². The number of nitrogens with one attached hydrogen (secondary N) is 1. The number of benzene rings is 1. The molecule has 0 bridgehead atoms. The van der Waals surface area contributed by atoms with Crippen molar-refractivity contribution in [3.05, 3.63) is 54.2 Å². The maximum absolute atomic E-state index is 12.5. The molecule has 0 aliphatic carbocycles. The molecule has 9 heteroatoms. The molecule has 1 aliphatic rings. The van der Waals surface area contributed by atoms with E-state index in [0.29, 0.717) is 24.5 Å². The second-order valence-electron chi connectivity index (χ2n) is 5.85. The van der Waals surface area contributed by atoms with Gasteiger partial charge in [0.05, 0.1) is 30.0 Å². The Morgan fingerprint density at radius 3 is 2.44 bits per heavy atom. The van der Waals surface area contributed by atoms with E-state index in [1.165, 1.54) is 36.5 Å². The van der Waals surface area contributed by atoms with Crippen LogP contribution in [0.4, 0.5) is 11.5 Å². The average Bonchev–Trinajstić information content (AvgIpc) is 2.68. The SMILES string of the molecule is O=C(O)C=Cc1ccc(S(=O)(=O)Nc2ccc(N3CCOCC3)nc2)cc1. The Balaban J connectivity index is 1.69. The Morgan fingerprint density at radius 2 is 1.85 bits per heavy atom. The first-order valence-corrected chi connectivity index (χ1v) is 9.75. The zero-order chi connectivity index (χ0) is 19.3. The van der Waals surface area contributed by atoms with Crippen molar-refractivity contribution in [2.45, 2.75) is 4.90 Å². The van der Waals surface area contributed by atoms with Gasteiger partial charge in [-0.05, 0) is 35.9 Å². The van der Waals surface area contributed by atoms with Gasteiger partial charge in [-0.2, -0.15) is 0 Å². The summed E-state index contributed by atoms with van der Waals surface area (Å²) < 4.78 is 32.8. The van der Waals surface area contributed by atoms with E-state index in [1.54, 1.807) is 12.1 Å². The summed E-state index contributed by atoms with van der Waals surface area (Å²) in [7, 11) is -3.76. The molecule has 1 aromatic carbocycles. The van der Waals surface area contributed by atoms with Gasteiger partial charge in [0.15, 0.2) is 0 Å². The first-order chi connectivity index (χ1) is 12.9. The van der Waals surface area contributed by atoms with Crippen LogP contribution in [0.15, 0.2) is 53.6 Å². The lowest BCUT2D eigenvalue weighted by atomic mass is 10.2. The third kappa shape index (κ3) is 5.05. The monoisotopic (exact) mass is 389 g/mol. The fourth-order valence-electron chi connectivity index (χ4n) is 2.57. The van der Waals surface area contributed by atoms with Crippen molar-refractivity contribution in [1.29, 1.82) is 0 Å². The zero-order valence-corrected chi connectivity index (χ0v) is 15.2. The van der Waals surface area contributed by atoms with Gasteiger partial charge in [0.2, 0.25) is 0 Å². The molecule has 0 amide bonds. The molecular weight excluding hydrogens is 370 g/mol. The van der Waals surface area contributed by atoms with Crippen molar-refractivity contribution >= 4 is 33.6 Å². The largest absolute Gasteiger partial charge is 0.478 e. The standard InChI is InChI=1S/C18H19N3O5S/c22-18(23)8-3-14-1-5-16(6-2-14)27(24,25)20-15-4-7-17(19-13-15)21-9-11-26-12-10-21/h1-8,13,20H,9-12H2,(H,22,23). The Bertz CT molecular complexity index is 918. The quantitative estimate of drug-likeness (QED) is 0.725. The van der Waals surface area contributed by atoms with E-state index in [1.807, 2.05) is 0 Å². The number of rotatable bonds is 6. The van der Waals surface area contributed by atoms with Crippen molar-refractivity contribution in [2.24, 2.45) is 0 Å². The lowest BCUT2D eigenvalue weighted by molar-refractivity contribution is -0.131. The Kier molecular flexibility index (Phi) is 5.72. The highest BCUT2D eigenvalue weighted by atomic mass is 32.2. The number of hydrogen-bond donors (Lipinski definition) is 2. The van der Waals surface area contributed by atoms with E-state index in [2.05, 4.69) is 14.6 Å². The molecule has 0 radical (unpaired) electrons. The van der Waals surface area contributed by atoms with Gasteiger partial charge in [-0.1, -0.05) is 12.1 Å². The van der Waals surface area contributed by atoms with Gasteiger partial charge in [0, 0.05) is 19.2 Å². The van der Waals surface area contributed by atoms with Gasteiger partial charge < -0.3 is 14.7 Å². The number of pyridine rings is 1. The number of ether oxygens (including phenoxy) is 1. The summed E-state index contributed by atoms with van der Waals surface area (Å²) >= 11 is 0. The highest BCUT2D eigenvalue weighted by molar-refractivity contribution is 7.92.